The Balaban J connectivity index is 1.87. The first-order chi connectivity index (χ1) is 13.6. The van der Waals surface area contributed by atoms with E-state index in [1.807, 2.05) is 38.1 Å². The minimum absolute atomic E-state index is 0.0377. The molecule has 0 bridgehead atoms. The molecule has 156 valence electrons. The van der Waals surface area contributed by atoms with E-state index in [1.165, 1.54) is 25.7 Å². The van der Waals surface area contributed by atoms with E-state index in [-0.39, 0.29) is 5.91 Å². The zero-order valence-electron chi connectivity index (χ0n) is 17.6. The van der Waals surface area contributed by atoms with Crippen LogP contribution in [0.4, 0.5) is 0 Å². The molecule has 1 amide bonds. The predicted molar refractivity (Wildman–Crippen MR) is 115 cm³/mol. The molecule has 28 heavy (non-hydrogen) atoms. The van der Waals surface area contributed by atoms with Crippen LogP contribution in [0.2, 0.25) is 0 Å². The van der Waals surface area contributed by atoms with Crippen LogP contribution in [0.15, 0.2) is 29.3 Å². The van der Waals surface area contributed by atoms with E-state index in [1.54, 1.807) is 7.05 Å². The Morgan fingerprint density at radius 1 is 1.18 bits per heavy atom. The van der Waals surface area contributed by atoms with E-state index in [0.29, 0.717) is 24.1 Å². The van der Waals surface area contributed by atoms with Gasteiger partial charge in [-0.1, -0.05) is 25.0 Å². The van der Waals surface area contributed by atoms with Gasteiger partial charge in [-0.25, -0.2) is 0 Å². The molecule has 0 saturated heterocycles. The topological polar surface area (TPSA) is 74.8 Å². The average Bonchev–Trinajstić information content (AvgIpc) is 3.18. The fraction of sp³-hybridized carbons (Fsp3) is 0.636. The lowest BCUT2D eigenvalue weighted by molar-refractivity contribution is 0.0955. The smallest absolute Gasteiger partial charge is 0.251 e. The number of rotatable bonds is 10. The van der Waals surface area contributed by atoms with Crippen LogP contribution in [0.3, 0.4) is 0 Å². The minimum Gasteiger partial charge on any atom is -0.382 e. The van der Waals surface area contributed by atoms with Crippen molar-refractivity contribution in [3.63, 3.8) is 0 Å². The highest BCUT2D eigenvalue weighted by molar-refractivity contribution is 5.94. The maximum atomic E-state index is 12.0. The zero-order valence-corrected chi connectivity index (χ0v) is 17.6. The number of amides is 1. The van der Waals surface area contributed by atoms with Gasteiger partial charge in [0.05, 0.1) is 0 Å². The lowest BCUT2D eigenvalue weighted by Crippen LogP contribution is -2.43. The molecular weight excluding hydrogens is 352 g/mol. The van der Waals surface area contributed by atoms with E-state index >= 15 is 0 Å². The molecule has 2 rings (SSSR count). The van der Waals surface area contributed by atoms with Gasteiger partial charge in [-0.15, -0.1) is 0 Å². The van der Waals surface area contributed by atoms with Gasteiger partial charge in [0.1, 0.15) is 0 Å². The standard InChI is InChI=1S/C22H36N4O2/c1-4-24-20(27)19-10-8-9-18(15-19)16-25-21(23-3)26-17-22(11-6-7-12-22)13-14-28-5-2/h8-10,15H,4-7,11-14,16-17H2,1-3H3,(H,24,27)(H2,23,25,26). The molecular formula is C22H36N4O2. The Morgan fingerprint density at radius 3 is 2.64 bits per heavy atom. The van der Waals surface area contributed by atoms with E-state index in [4.69, 9.17) is 4.74 Å². The van der Waals surface area contributed by atoms with Crippen molar-refractivity contribution >= 4 is 11.9 Å². The summed E-state index contributed by atoms with van der Waals surface area (Å²) in [5.74, 6) is 0.760. The first-order valence-electron chi connectivity index (χ1n) is 10.5. The summed E-state index contributed by atoms with van der Waals surface area (Å²) in [5, 5.41) is 9.72. The van der Waals surface area contributed by atoms with Crippen LogP contribution in [0.1, 0.15) is 61.9 Å². The second-order valence-electron chi connectivity index (χ2n) is 7.49. The SMILES string of the molecule is CCNC(=O)c1cccc(CNC(=NC)NCC2(CCOCC)CCCC2)c1. The molecule has 3 N–H and O–H groups in total. The second-order valence-corrected chi connectivity index (χ2v) is 7.49. The predicted octanol–water partition coefficient (Wildman–Crippen LogP) is 3.09. The Bertz CT molecular complexity index is 639. The monoisotopic (exact) mass is 388 g/mol. The van der Waals surface area contributed by atoms with Crippen LogP contribution in [0.25, 0.3) is 0 Å². The van der Waals surface area contributed by atoms with Gasteiger partial charge in [-0.2, -0.15) is 0 Å². The molecule has 0 aliphatic heterocycles. The fourth-order valence-corrected chi connectivity index (χ4v) is 3.84. The molecule has 1 aliphatic carbocycles. The third-order valence-corrected chi connectivity index (χ3v) is 5.49. The number of carbonyl (C=O) groups excluding carboxylic acids is 1. The Morgan fingerprint density at radius 2 is 1.96 bits per heavy atom. The van der Waals surface area contributed by atoms with E-state index in [0.717, 1.165) is 37.7 Å². The zero-order chi connectivity index (χ0) is 20.2. The maximum Gasteiger partial charge on any atom is 0.251 e. The highest BCUT2D eigenvalue weighted by atomic mass is 16.5. The molecule has 1 aromatic rings. The van der Waals surface area contributed by atoms with Gasteiger partial charge >= 0.3 is 0 Å². The molecule has 0 aromatic heterocycles. The number of nitrogens with zero attached hydrogens (tertiary/aromatic N) is 1. The summed E-state index contributed by atoms with van der Waals surface area (Å²) >= 11 is 0. The number of aliphatic imine (C=N–C) groups is 1. The maximum absolute atomic E-state index is 12.0. The normalized spacial score (nSPS) is 16.0. The van der Waals surface area contributed by atoms with Gasteiger partial charge in [0.2, 0.25) is 0 Å². The van der Waals surface area contributed by atoms with Gasteiger partial charge in [0.15, 0.2) is 5.96 Å². The lowest BCUT2D eigenvalue weighted by Gasteiger charge is -2.30. The number of nitrogens with one attached hydrogen (secondary N) is 3. The molecule has 1 aliphatic rings. The highest BCUT2D eigenvalue weighted by Crippen LogP contribution is 2.40. The average molecular weight is 389 g/mol. The fourth-order valence-electron chi connectivity index (χ4n) is 3.84. The second kappa shape index (κ2) is 11.7. The number of ether oxygens (including phenoxy) is 1. The van der Waals surface area contributed by atoms with Crippen molar-refractivity contribution in [2.75, 3.05) is 33.4 Å². The van der Waals surface area contributed by atoms with Gasteiger partial charge < -0.3 is 20.7 Å². The molecule has 0 heterocycles. The van der Waals surface area contributed by atoms with Gasteiger partial charge in [-0.3, -0.25) is 9.79 Å². The first kappa shape index (κ1) is 22.2. The van der Waals surface area contributed by atoms with Crippen LogP contribution < -0.4 is 16.0 Å². The minimum atomic E-state index is -0.0377. The van der Waals surface area contributed by atoms with Gasteiger partial charge in [-0.05, 0) is 56.2 Å². The molecule has 6 nitrogen and oxygen atoms in total. The molecule has 0 radical (unpaired) electrons. The summed E-state index contributed by atoms with van der Waals surface area (Å²) in [6, 6.07) is 7.69. The summed E-state index contributed by atoms with van der Waals surface area (Å²) in [5.41, 5.74) is 2.05. The van der Waals surface area contributed by atoms with Crippen LogP contribution in [0, 0.1) is 5.41 Å². The van der Waals surface area contributed by atoms with Crippen LogP contribution in [0.5, 0.6) is 0 Å². The van der Waals surface area contributed by atoms with Crippen molar-refractivity contribution in [1.29, 1.82) is 0 Å². The third kappa shape index (κ3) is 6.82. The van der Waals surface area contributed by atoms with E-state index in [9.17, 15) is 4.79 Å². The highest BCUT2D eigenvalue weighted by Gasteiger charge is 2.33. The molecule has 1 aromatic carbocycles. The molecule has 0 unspecified atom stereocenters. The number of hydrogen-bond donors (Lipinski definition) is 3. The molecule has 1 fully saturated rings. The van der Waals surface area contributed by atoms with Crippen LogP contribution in [-0.4, -0.2) is 45.2 Å². The van der Waals surface area contributed by atoms with Crippen molar-refractivity contribution in [3.05, 3.63) is 35.4 Å². The molecule has 6 heteroatoms. The molecule has 0 spiro atoms. The Labute approximate surface area is 169 Å². The van der Waals surface area contributed by atoms with Crippen molar-refractivity contribution < 1.29 is 9.53 Å². The number of benzene rings is 1. The summed E-state index contributed by atoms with van der Waals surface area (Å²) in [6.07, 6.45) is 6.19. The van der Waals surface area contributed by atoms with Gasteiger partial charge in [0.25, 0.3) is 5.91 Å². The number of carbonyl (C=O) groups is 1. The number of guanidine groups is 1. The quantitative estimate of drug-likeness (QED) is 0.327. The largest absolute Gasteiger partial charge is 0.382 e. The van der Waals surface area contributed by atoms with Crippen molar-refractivity contribution in [3.8, 4) is 0 Å². The number of hydrogen-bond acceptors (Lipinski definition) is 3. The van der Waals surface area contributed by atoms with Gasteiger partial charge in [0, 0.05) is 45.5 Å². The van der Waals surface area contributed by atoms with E-state index in [2.05, 4.69) is 20.9 Å². The van der Waals surface area contributed by atoms with Crippen LogP contribution >= 0.6 is 0 Å². The van der Waals surface area contributed by atoms with Crippen molar-refractivity contribution in [1.82, 2.24) is 16.0 Å². The molecule has 1 saturated carbocycles. The first-order valence-corrected chi connectivity index (χ1v) is 10.5. The Kier molecular flexibility index (Phi) is 9.28. The van der Waals surface area contributed by atoms with Crippen molar-refractivity contribution in [2.45, 2.75) is 52.5 Å². The van der Waals surface area contributed by atoms with Crippen molar-refractivity contribution in [2.24, 2.45) is 10.4 Å². The van der Waals surface area contributed by atoms with E-state index < -0.39 is 0 Å². The summed E-state index contributed by atoms with van der Waals surface area (Å²) in [7, 11) is 1.79. The third-order valence-electron chi connectivity index (χ3n) is 5.49. The van der Waals surface area contributed by atoms with Crippen LogP contribution in [-0.2, 0) is 11.3 Å². The summed E-state index contributed by atoms with van der Waals surface area (Å²) in [4.78, 5) is 16.4. The summed E-state index contributed by atoms with van der Waals surface area (Å²) < 4.78 is 5.60. The Hall–Kier alpha value is -2.08. The summed E-state index contributed by atoms with van der Waals surface area (Å²) in [6.45, 7) is 7.75. The lowest BCUT2D eigenvalue weighted by atomic mass is 9.83. The molecule has 0 atom stereocenters.